The summed E-state index contributed by atoms with van der Waals surface area (Å²) in [7, 11) is 0. The molecule has 3 N–H and O–H groups in total. The molecule has 1 aromatic carbocycles. The van der Waals surface area contributed by atoms with Crippen molar-refractivity contribution in [3.8, 4) is 10.7 Å². The van der Waals surface area contributed by atoms with Crippen LogP contribution in [0.15, 0.2) is 36.5 Å². The number of aliphatic hydroxyl groups excluding tert-OH is 1. The van der Waals surface area contributed by atoms with Gasteiger partial charge < -0.3 is 15.7 Å². The van der Waals surface area contributed by atoms with Gasteiger partial charge in [-0.05, 0) is 27.8 Å². The lowest BCUT2D eigenvalue weighted by Gasteiger charge is -2.26. The standard InChI is InChI=1S/C22H29N7O3S/c1-5-9-15(24-20(32)17(30)22(2,3)4)19(31)25-21-23-12-16(33-21)18-26-27-28-29(18)13-14-10-7-6-8-11-14/h6-8,10-12,15,17,30H,5,9,13H2,1-4H3,(H,24,32)(H,23,25,31)/t15?,17-/m1/s1. The van der Waals surface area contributed by atoms with E-state index in [9.17, 15) is 14.7 Å². The van der Waals surface area contributed by atoms with Gasteiger partial charge in [0.05, 0.1) is 17.6 Å². The summed E-state index contributed by atoms with van der Waals surface area (Å²) in [6, 6.07) is 9.04. The lowest BCUT2D eigenvalue weighted by molar-refractivity contribution is -0.137. The van der Waals surface area contributed by atoms with Crippen LogP contribution in [0.1, 0.15) is 46.1 Å². The van der Waals surface area contributed by atoms with Gasteiger partial charge in [0.15, 0.2) is 11.0 Å². The second kappa shape index (κ2) is 10.6. The highest BCUT2D eigenvalue weighted by Crippen LogP contribution is 2.27. The summed E-state index contributed by atoms with van der Waals surface area (Å²) in [6.45, 7) is 7.70. The molecule has 0 spiro atoms. The van der Waals surface area contributed by atoms with Crippen LogP contribution in [0, 0.1) is 5.41 Å². The number of benzene rings is 1. The number of nitrogens with one attached hydrogen (secondary N) is 2. The van der Waals surface area contributed by atoms with Crippen LogP contribution in [0.3, 0.4) is 0 Å². The van der Waals surface area contributed by atoms with Gasteiger partial charge in [-0.2, -0.15) is 0 Å². The van der Waals surface area contributed by atoms with Gasteiger partial charge in [0, 0.05) is 0 Å². The molecule has 11 heteroatoms. The molecule has 0 radical (unpaired) electrons. The number of carbonyl (C=O) groups is 2. The average molecular weight is 472 g/mol. The summed E-state index contributed by atoms with van der Waals surface area (Å²) in [5.74, 6) is -0.421. The second-order valence-corrected chi connectivity index (χ2v) is 9.81. The molecule has 0 aliphatic carbocycles. The molecule has 1 unspecified atom stereocenters. The first-order valence-corrected chi connectivity index (χ1v) is 11.6. The summed E-state index contributed by atoms with van der Waals surface area (Å²) >= 11 is 1.24. The van der Waals surface area contributed by atoms with Crippen LogP contribution in [0.4, 0.5) is 5.13 Å². The number of hydrogen-bond donors (Lipinski definition) is 3. The molecule has 10 nitrogen and oxygen atoms in total. The van der Waals surface area contributed by atoms with Gasteiger partial charge in [0.25, 0.3) is 0 Å². The van der Waals surface area contributed by atoms with E-state index in [0.29, 0.717) is 35.2 Å². The number of aliphatic hydroxyl groups is 1. The van der Waals surface area contributed by atoms with Crippen molar-refractivity contribution in [1.29, 1.82) is 0 Å². The van der Waals surface area contributed by atoms with Crippen LogP contribution in [-0.2, 0) is 16.1 Å². The van der Waals surface area contributed by atoms with E-state index in [-0.39, 0.29) is 0 Å². The van der Waals surface area contributed by atoms with E-state index in [0.717, 1.165) is 5.56 Å². The Bertz CT molecular complexity index is 1080. The summed E-state index contributed by atoms with van der Waals surface area (Å²) in [6.07, 6.45) is 1.49. The highest BCUT2D eigenvalue weighted by molar-refractivity contribution is 7.19. The largest absolute Gasteiger partial charge is 0.383 e. The predicted octanol–water partition coefficient (Wildman–Crippen LogP) is 2.48. The maximum absolute atomic E-state index is 12.8. The molecule has 0 aliphatic rings. The number of hydrogen-bond acceptors (Lipinski definition) is 8. The van der Waals surface area contributed by atoms with Crippen LogP contribution in [0.5, 0.6) is 0 Å². The first kappa shape index (κ1) is 24.5. The maximum atomic E-state index is 12.8. The molecule has 0 fully saturated rings. The third kappa shape index (κ3) is 6.42. The number of rotatable bonds is 9. The number of nitrogens with zero attached hydrogens (tertiary/aromatic N) is 5. The van der Waals surface area contributed by atoms with E-state index in [1.165, 1.54) is 11.3 Å². The van der Waals surface area contributed by atoms with E-state index >= 15 is 0 Å². The van der Waals surface area contributed by atoms with Gasteiger partial charge in [-0.15, -0.1) is 5.10 Å². The van der Waals surface area contributed by atoms with Gasteiger partial charge in [-0.1, -0.05) is 75.8 Å². The third-order valence-corrected chi connectivity index (χ3v) is 5.85. The smallest absolute Gasteiger partial charge is 0.250 e. The summed E-state index contributed by atoms with van der Waals surface area (Å²) in [5.41, 5.74) is 0.422. The molecule has 2 amide bonds. The zero-order valence-corrected chi connectivity index (χ0v) is 20.0. The topological polar surface area (TPSA) is 135 Å². The Balaban J connectivity index is 1.69. The van der Waals surface area contributed by atoms with E-state index in [1.807, 2.05) is 37.3 Å². The highest BCUT2D eigenvalue weighted by atomic mass is 32.1. The Morgan fingerprint density at radius 3 is 2.58 bits per heavy atom. The lowest BCUT2D eigenvalue weighted by atomic mass is 9.88. The molecule has 176 valence electrons. The normalized spacial score (nSPS) is 13.4. The van der Waals surface area contributed by atoms with Gasteiger partial charge in [-0.25, -0.2) is 9.67 Å². The minimum absolute atomic E-state index is 0.371. The van der Waals surface area contributed by atoms with E-state index in [2.05, 4.69) is 31.1 Å². The van der Waals surface area contributed by atoms with Crippen molar-refractivity contribution in [3.63, 3.8) is 0 Å². The van der Waals surface area contributed by atoms with Crippen LogP contribution in [0.25, 0.3) is 10.7 Å². The quantitative estimate of drug-likeness (QED) is 0.436. The van der Waals surface area contributed by atoms with Crippen molar-refractivity contribution in [3.05, 3.63) is 42.1 Å². The number of anilines is 1. The van der Waals surface area contributed by atoms with Crippen molar-refractivity contribution in [2.45, 2.75) is 59.2 Å². The fourth-order valence-electron chi connectivity index (χ4n) is 3.07. The zero-order valence-electron chi connectivity index (χ0n) is 19.1. The number of thiazole rings is 1. The molecule has 0 saturated heterocycles. The maximum Gasteiger partial charge on any atom is 0.250 e. The molecule has 2 atom stereocenters. The number of aromatic nitrogens is 5. The zero-order chi connectivity index (χ0) is 24.0. The Morgan fingerprint density at radius 2 is 1.91 bits per heavy atom. The Labute approximate surface area is 196 Å². The molecule has 2 aromatic heterocycles. The minimum atomic E-state index is -1.22. The fourth-order valence-corrected chi connectivity index (χ4v) is 3.88. The van der Waals surface area contributed by atoms with Crippen molar-refractivity contribution in [2.24, 2.45) is 5.41 Å². The molecule has 3 aromatic rings. The monoisotopic (exact) mass is 471 g/mol. The Hall–Kier alpha value is -3.18. The van der Waals surface area contributed by atoms with E-state index in [1.54, 1.807) is 31.6 Å². The van der Waals surface area contributed by atoms with Crippen LogP contribution < -0.4 is 10.6 Å². The first-order chi connectivity index (χ1) is 15.7. The van der Waals surface area contributed by atoms with Gasteiger partial charge in [0.2, 0.25) is 11.8 Å². The minimum Gasteiger partial charge on any atom is -0.383 e. The third-order valence-electron chi connectivity index (χ3n) is 4.94. The van der Waals surface area contributed by atoms with Crippen molar-refractivity contribution >= 4 is 28.3 Å². The predicted molar refractivity (Wildman–Crippen MR) is 125 cm³/mol. The number of carbonyl (C=O) groups excluding carboxylic acids is 2. The number of amides is 2. The highest BCUT2D eigenvalue weighted by Gasteiger charge is 2.32. The van der Waals surface area contributed by atoms with Gasteiger partial charge in [-0.3, -0.25) is 9.59 Å². The fraction of sp³-hybridized carbons (Fsp3) is 0.455. The van der Waals surface area contributed by atoms with Crippen LogP contribution in [0.2, 0.25) is 0 Å². The summed E-state index contributed by atoms with van der Waals surface area (Å²) in [5, 5.41) is 27.9. The second-order valence-electron chi connectivity index (χ2n) is 8.78. The Kier molecular flexibility index (Phi) is 7.88. The van der Waals surface area contributed by atoms with Gasteiger partial charge >= 0.3 is 0 Å². The van der Waals surface area contributed by atoms with Crippen molar-refractivity contribution in [1.82, 2.24) is 30.5 Å². The summed E-state index contributed by atoms with van der Waals surface area (Å²) in [4.78, 5) is 30.2. The molecule has 0 saturated carbocycles. The molecule has 0 aliphatic heterocycles. The molecule has 3 rings (SSSR count). The molecule has 0 bridgehead atoms. The van der Waals surface area contributed by atoms with Gasteiger partial charge in [0.1, 0.15) is 12.1 Å². The van der Waals surface area contributed by atoms with Crippen molar-refractivity contribution in [2.75, 3.05) is 5.32 Å². The SMILES string of the molecule is CCCC(NC(=O)[C@@H](O)C(C)(C)C)C(=O)Nc1ncc(-c2nnnn2Cc2ccccc2)s1. The molecule has 2 heterocycles. The first-order valence-electron chi connectivity index (χ1n) is 10.7. The number of tetrazole rings is 1. The molecule has 33 heavy (non-hydrogen) atoms. The molecular formula is C22H29N7O3S. The van der Waals surface area contributed by atoms with Crippen molar-refractivity contribution < 1.29 is 14.7 Å². The summed E-state index contributed by atoms with van der Waals surface area (Å²) < 4.78 is 1.67. The lowest BCUT2D eigenvalue weighted by Crippen LogP contribution is -2.50. The van der Waals surface area contributed by atoms with E-state index in [4.69, 9.17) is 0 Å². The molecular weight excluding hydrogens is 442 g/mol. The van der Waals surface area contributed by atoms with Crippen LogP contribution >= 0.6 is 11.3 Å². The van der Waals surface area contributed by atoms with Crippen LogP contribution in [-0.4, -0.2) is 54.3 Å². The average Bonchev–Trinajstić information content (AvgIpc) is 3.42. The van der Waals surface area contributed by atoms with E-state index < -0.39 is 29.4 Å². The Morgan fingerprint density at radius 1 is 1.18 bits per heavy atom.